The molecule has 0 radical (unpaired) electrons. The molecule has 1 aliphatic heterocycles. The average molecular weight is 218 g/mol. The van der Waals surface area contributed by atoms with Gasteiger partial charge < -0.3 is 10.1 Å². The van der Waals surface area contributed by atoms with Crippen LogP contribution in [0.1, 0.15) is 19.4 Å². The van der Waals surface area contributed by atoms with Crippen LogP contribution in [0.4, 0.5) is 0 Å². The number of benzene rings is 1. The molecule has 1 aliphatic rings. The van der Waals surface area contributed by atoms with E-state index in [0.717, 1.165) is 13.1 Å². The summed E-state index contributed by atoms with van der Waals surface area (Å²) in [5.41, 5.74) is 1.91. The Labute approximate surface area is 96.5 Å². The molecule has 0 amide bonds. The molecule has 3 heteroatoms. The molecule has 86 valence electrons. The van der Waals surface area contributed by atoms with Crippen LogP contribution in [0.5, 0.6) is 0 Å². The lowest BCUT2D eigenvalue weighted by atomic mass is 10.2. The van der Waals surface area contributed by atoms with Crippen LogP contribution < -0.4 is 0 Å². The zero-order valence-electron chi connectivity index (χ0n) is 9.81. The smallest absolute Gasteiger partial charge is 0.143 e. The topological polar surface area (TPSA) is 39.6 Å². The van der Waals surface area contributed by atoms with Crippen LogP contribution >= 0.6 is 0 Å². The molecule has 3 nitrogen and oxygen atoms in total. The van der Waals surface area contributed by atoms with E-state index in [1.807, 2.05) is 6.07 Å². The maximum atomic E-state index is 7.54. The molecule has 2 unspecified atom stereocenters. The minimum absolute atomic E-state index is 0.0173. The van der Waals surface area contributed by atoms with Crippen LogP contribution in [-0.2, 0) is 11.3 Å². The van der Waals surface area contributed by atoms with Crippen molar-refractivity contribution in [3.63, 3.8) is 0 Å². The summed E-state index contributed by atoms with van der Waals surface area (Å²) in [6.45, 7) is 5.77. The SMILES string of the molecule is CCN(Cc1ccccc1)C1OC1C(C)=N. The van der Waals surface area contributed by atoms with Gasteiger partial charge in [-0.15, -0.1) is 0 Å². The van der Waals surface area contributed by atoms with Gasteiger partial charge in [-0.3, -0.25) is 4.90 Å². The summed E-state index contributed by atoms with van der Waals surface area (Å²) in [7, 11) is 0. The van der Waals surface area contributed by atoms with E-state index in [1.165, 1.54) is 5.56 Å². The molecule has 0 saturated carbocycles. The van der Waals surface area contributed by atoms with Gasteiger partial charge in [0.15, 0.2) is 0 Å². The Morgan fingerprint density at radius 2 is 2.06 bits per heavy atom. The Morgan fingerprint density at radius 3 is 2.56 bits per heavy atom. The van der Waals surface area contributed by atoms with Gasteiger partial charge in [-0.25, -0.2) is 0 Å². The zero-order valence-corrected chi connectivity index (χ0v) is 9.81. The summed E-state index contributed by atoms with van der Waals surface area (Å²) in [5.74, 6) is 0. The largest absolute Gasteiger partial charge is 0.347 e. The second kappa shape index (κ2) is 4.76. The number of likely N-dealkylation sites (N-methyl/N-ethyl adjacent to an activating group) is 1. The number of rotatable bonds is 5. The fourth-order valence-corrected chi connectivity index (χ4v) is 1.90. The maximum Gasteiger partial charge on any atom is 0.143 e. The predicted octanol–water partition coefficient (Wildman–Crippen LogP) is 2.27. The number of hydrogen-bond donors (Lipinski definition) is 1. The van der Waals surface area contributed by atoms with Gasteiger partial charge in [0.25, 0.3) is 0 Å². The van der Waals surface area contributed by atoms with Crippen molar-refractivity contribution < 1.29 is 4.74 Å². The first kappa shape index (κ1) is 11.3. The quantitative estimate of drug-likeness (QED) is 0.608. The molecular formula is C13H18N2O. The number of nitrogens with zero attached hydrogens (tertiary/aromatic N) is 1. The lowest BCUT2D eigenvalue weighted by molar-refractivity contribution is 0.176. The van der Waals surface area contributed by atoms with Gasteiger partial charge in [0.2, 0.25) is 0 Å². The predicted molar refractivity (Wildman–Crippen MR) is 64.6 cm³/mol. The fraction of sp³-hybridized carbons (Fsp3) is 0.462. The molecule has 0 aromatic heterocycles. The lowest BCUT2D eigenvalue weighted by Crippen LogP contribution is -2.28. The van der Waals surface area contributed by atoms with E-state index < -0.39 is 0 Å². The minimum Gasteiger partial charge on any atom is -0.347 e. The van der Waals surface area contributed by atoms with Crippen LogP contribution in [0.2, 0.25) is 0 Å². The molecule has 1 saturated heterocycles. The van der Waals surface area contributed by atoms with Crippen molar-refractivity contribution in [1.29, 1.82) is 5.41 Å². The molecule has 1 aromatic carbocycles. The second-order valence-electron chi connectivity index (χ2n) is 4.18. The van der Waals surface area contributed by atoms with E-state index in [9.17, 15) is 0 Å². The standard InChI is InChI=1S/C13H18N2O/c1-3-15(13-12(16-13)10(2)14)9-11-7-5-4-6-8-11/h4-8,12-14H,3,9H2,1-2H3. The minimum atomic E-state index is 0.0173. The lowest BCUT2D eigenvalue weighted by Gasteiger charge is -2.17. The summed E-state index contributed by atoms with van der Waals surface area (Å²) < 4.78 is 5.51. The molecule has 2 rings (SSSR count). The van der Waals surface area contributed by atoms with E-state index in [1.54, 1.807) is 6.92 Å². The third-order valence-corrected chi connectivity index (χ3v) is 2.89. The normalized spacial score (nSPS) is 23.4. The molecule has 1 fully saturated rings. The Bertz CT molecular complexity index is 363. The average Bonchev–Trinajstić information content (AvgIpc) is 3.07. The fourth-order valence-electron chi connectivity index (χ4n) is 1.90. The summed E-state index contributed by atoms with van der Waals surface area (Å²) in [6.07, 6.45) is 0.131. The summed E-state index contributed by atoms with van der Waals surface area (Å²) in [5, 5.41) is 7.54. The maximum absolute atomic E-state index is 7.54. The number of ether oxygens (including phenoxy) is 1. The van der Waals surface area contributed by atoms with Crippen LogP contribution in [0.3, 0.4) is 0 Å². The van der Waals surface area contributed by atoms with Crippen LogP contribution in [0, 0.1) is 5.41 Å². The zero-order chi connectivity index (χ0) is 11.5. The Kier molecular flexibility index (Phi) is 3.36. The van der Waals surface area contributed by atoms with Crippen LogP contribution in [0.15, 0.2) is 30.3 Å². The van der Waals surface area contributed by atoms with Crippen molar-refractivity contribution in [3.8, 4) is 0 Å². The molecule has 0 aliphatic carbocycles. The Balaban J connectivity index is 1.95. The molecule has 2 atom stereocenters. The molecule has 1 heterocycles. The Morgan fingerprint density at radius 1 is 1.38 bits per heavy atom. The monoisotopic (exact) mass is 218 g/mol. The van der Waals surface area contributed by atoms with Gasteiger partial charge in [0, 0.05) is 12.3 Å². The van der Waals surface area contributed by atoms with E-state index in [2.05, 4.69) is 36.1 Å². The van der Waals surface area contributed by atoms with Gasteiger partial charge in [-0.2, -0.15) is 0 Å². The highest BCUT2D eigenvalue weighted by Crippen LogP contribution is 2.27. The molecule has 1 N–H and O–H groups in total. The van der Waals surface area contributed by atoms with Crippen LogP contribution in [0.25, 0.3) is 0 Å². The van der Waals surface area contributed by atoms with E-state index in [4.69, 9.17) is 10.1 Å². The Hall–Kier alpha value is -1.19. The summed E-state index contributed by atoms with van der Waals surface area (Å²) >= 11 is 0. The molecule has 0 bridgehead atoms. The van der Waals surface area contributed by atoms with E-state index >= 15 is 0 Å². The summed E-state index contributed by atoms with van der Waals surface area (Å²) in [6, 6.07) is 10.4. The first-order valence-electron chi connectivity index (χ1n) is 5.71. The highest BCUT2D eigenvalue weighted by Gasteiger charge is 2.44. The highest BCUT2D eigenvalue weighted by molar-refractivity contribution is 5.85. The summed E-state index contributed by atoms with van der Waals surface area (Å²) in [4.78, 5) is 2.26. The first-order chi connectivity index (χ1) is 7.72. The van der Waals surface area contributed by atoms with Gasteiger partial charge in [-0.1, -0.05) is 37.3 Å². The van der Waals surface area contributed by atoms with Gasteiger partial charge in [-0.05, 0) is 19.0 Å². The third-order valence-electron chi connectivity index (χ3n) is 2.89. The highest BCUT2D eigenvalue weighted by atomic mass is 16.6. The van der Waals surface area contributed by atoms with Crippen molar-refractivity contribution >= 4 is 5.71 Å². The molecular weight excluding hydrogens is 200 g/mol. The van der Waals surface area contributed by atoms with Crippen molar-refractivity contribution in [3.05, 3.63) is 35.9 Å². The van der Waals surface area contributed by atoms with Crippen molar-refractivity contribution in [1.82, 2.24) is 4.90 Å². The van der Waals surface area contributed by atoms with Crippen molar-refractivity contribution in [2.75, 3.05) is 6.54 Å². The number of nitrogens with one attached hydrogen (secondary N) is 1. The number of hydrogen-bond acceptors (Lipinski definition) is 3. The first-order valence-corrected chi connectivity index (χ1v) is 5.71. The number of epoxide rings is 1. The van der Waals surface area contributed by atoms with Gasteiger partial charge in [0.1, 0.15) is 12.3 Å². The van der Waals surface area contributed by atoms with Crippen molar-refractivity contribution in [2.24, 2.45) is 0 Å². The molecule has 1 aromatic rings. The second-order valence-corrected chi connectivity index (χ2v) is 4.18. The van der Waals surface area contributed by atoms with E-state index in [0.29, 0.717) is 5.71 Å². The van der Waals surface area contributed by atoms with Gasteiger partial charge >= 0.3 is 0 Å². The van der Waals surface area contributed by atoms with Gasteiger partial charge in [0.05, 0.1) is 0 Å². The van der Waals surface area contributed by atoms with Crippen LogP contribution in [-0.4, -0.2) is 29.5 Å². The van der Waals surface area contributed by atoms with Crippen molar-refractivity contribution in [2.45, 2.75) is 32.7 Å². The molecule has 16 heavy (non-hydrogen) atoms. The third kappa shape index (κ3) is 2.49. The van der Waals surface area contributed by atoms with E-state index in [-0.39, 0.29) is 12.3 Å². The molecule has 0 spiro atoms.